The summed E-state index contributed by atoms with van der Waals surface area (Å²) in [6, 6.07) is 7.20. The van der Waals surface area contributed by atoms with Crippen LogP contribution in [0.1, 0.15) is 30.9 Å². The Hall–Kier alpha value is -1.76. The normalized spacial score (nSPS) is 17.3. The van der Waals surface area contributed by atoms with Gasteiger partial charge in [-0.1, -0.05) is 31.2 Å². The van der Waals surface area contributed by atoms with Gasteiger partial charge in [0.1, 0.15) is 6.61 Å². The third kappa shape index (κ3) is 6.39. The summed E-state index contributed by atoms with van der Waals surface area (Å²) in [7, 11) is 0. The fraction of sp³-hybridized carbons (Fsp3) is 0.588. The first-order chi connectivity index (χ1) is 11.3. The third-order valence-electron chi connectivity index (χ3n) is 4.06. The molecule has 0 atom stereocenters. The Labute approximate surface area is 140 Å². The number of likely N-dealkylation sites (tertiary alicyclic amines) is 1. The van der Waals surface area contributed by atoms with Crippen molar-refractivity contribution in [3.8, 4) is 0 Å². The predicted octanol–water partition coefficient (Wildman–Crippen LogP) is 3.31. The quantitative estimate of drug-likeness (QED) is 0.659. The van der Waals surface area contributed by atoms with Crippen LogP contribution in [0, 0.1) is 5.92 Å². The summed E-state index contributed by atoms with van der Waals surface area (Å²) in [5.74, 6) is 1.25. The first-order valence-electron chi connectivity index (χ1n) is 8.10. The highest BCUT2D eigenvalue weighted by Crippen LogP contribution is 2.17. The van der Waals surface area contributed by atoms with Gasteiger partial charge in [-0.05, 0) is 29.9 Å². The van der Waals surface area contributed by atoms with E-state index in [9.17, 15) is 13.2 Å². The van der Waals surface area contributed by atoms with Crippen molar-refractivity contribution in [2.75, 3.05) is 19.7 Å². The molecule has 1 aromatic carbocycles. The van der Waals surface area contributed by atoms with Gasteiger partial charge in [0.25, 0.3) is 0 Å². The van der Waals surface area contributed by atoms with Crippen LogP contribution in [-0.4, -0.2) is 36.7 Å². The maximum Gasteiger partial charge on any atom is 0.411 e. The minimum atomic E-state index is -4.30. The van der Waals surface area contributed by atoms with Crippen molar-refractivity contribution in [2.24, 2.45) is 16.6 Å². The van der Waals surface area contributed by atoms with E-state index < -0.39 is 12.8 Å². The standard InChI is InChI=1S/C17H24F3N3O/c1-13-5-7-23(8-6-13)16(21)22-10-14-3-2-4-15(9-14)11-24-12-17(18,19)20/h2-4,9,13H,5-8,10-12H2,1H3,(H2,21,22). The maximum atomic E-state index is 12.1. The monoisotopic (exact) mass is 343 g/mol. The van der Waals surface area contributed by atoms with Gasteiger partial charge in [-0.25, -0.2) is 4.99 Å². The molecular formula is C17H24F3N3O. The molecule has 0 radical (unpaired) electrons. The Balaban J connectivity index is 1.86. The molecule has 1 heterocycles. The highest BCUT2D eigenvalue weighted by Gasteiger charge is 2.27. The number of aliphatic imine (C=N–C) groups is 1. The van der Waals surface area contributed by atoms with Gasteiger partial charge in [0.15, 0.2) is 5.96 Å². The third-order valence-corrected chi connectivity index (χ3v) is 4.06. The van der Waals surface area contributed by atoms with E-state index in [1.807, 2.05) is 6.07 Å². The molecule has 1 fully saturated rings. The molecule has 2 rings (SSSR count). The van der Waals surface area contributed by atoms with Crippen LogP contribution in [0.3, 0.4) is 0 Å². The second kappa shape index (κ2) is 8.37. The number of rotatable bonds is 5. The van der Waals surface area contributed by atoms with Gasteiger partial charge >= 0.3 is 6.18 Å². The highest BCUT2D eigenvalue weighted by molar-refractivity contribution is 5.78. The molecule has 2 N–H and O–H groups in total. The average Bonchev–Trinajstić information content (AvgIpc) is 2.52. The maximum absolute atomic E-state index is 12.1. The fourth-order valence-electron chi connectivity index (χ4n) is 2.61. The molecule has 4 nitrogen and oxygen atoms in total. The summed E-state index contributed by atoms with van der Waals surface area (Å²) in [6.07, 6.45) is -2.08. The van der Waals surface area contributed by atoms with Crippen LogP contribution in [0.25, 0.3) is 0 Å². The summed E-state index contributed by atoms with van der Waals surface area (Å²) in [6.45, 7) is 3.16. The van der Waals surface area contributed by atoms with Crippen molar-refractivity contribution in [2.45, 2.75) is 39.1 Å². The Bertz CT molecular complexity index is 552. The van der Waals surface area contributed by atoms with Crippen LogP contribution < -0.4 is 5.73 Å². The zero-order valence-electron chi connectivity index (χ0n) is 13.9. The second-order valence-corrected chi connectivity index (χ2v) is 6.27. The lowest BCUT2D eigenvalue weighted by molar-refractivity contribution is -0.176. The topological polar surface area (TPSA) is 50.8 Å². The molecule has 0 amide bonds. The fourth-order valence-corrected chi connectivity index (χ4v) is 2.61. The molecule has 1 aliphatic heterocycles. The molecular weight excluding hydrogens is 319 g/mol. The minimum absolute atomic E-state index is 0.0729. The van der Waals surface area contributed by atoms with Crippen molar-refractivity contribution >= 4 is 5.96 Å². The van der Waals surface area contributed by atoms with Gasteiger partial charge in [-0.2, -0.15) is 13.2 Å². The van der Waals surface area contributed by atoms with Gasteiger partial charge in [-0.15, -0.1) is 0 Å². The predicted molar refractivity (Wildman–Crippen MR) is 87.5 cm³/mol. The van der Waals surface area contributed by atoms with E-state index in [4.69, 9.17) is 5.73 Å². The highest BCUT2D eigenvalue weighted by atomic mass is 19.4. The number of hydrogen-bond donors (Lipinski definition) is 1. The molecule has 1 aromatic rings. The van der Waals surface area contributed by atoms with Crippen LogP contribution in [0.4, 0.5) is 13.2 Å². The van der Waals surface area contributed by atoms with Gasteiger partial charge in [0, 0.05) is 13.1 Å². The first kappa shape index (κ1) is 18.6. The van der Waals surface area contributed by atoms with E-state index >= 15 is 0 Å². The lowest BCUT2D eigenvalue weighted by atomic mass is 10.00. The lowest BCUT2D eigenvalue weighted by Gasteiger charge is -2.31. The van der Waals surface area contributed by atoms with Crippen LogP contribution in [0.5, 0.6) is 0 Å². The lowest BCUT2D eigenvalue weighted by Crippen LogP contribution is -2.42. The number of halogens is 3. The van der Waals surface area contributed by atoms with Crippen molar-refractivity contribution in [3.63, 3.8) is 0 Å². The SMILES string of the molecule is CC1CCN(C(N)=NCc2cccc(COCC(F)(F)F)c2)CC1. The number of nitrogens with zero attached hydrogens (tertiary/aromatic N) is 2. The summed E-state index contributed by atoms with van der Waals surface area (Å²) in [5.41, 5.74) is 7.63. The number of guanidine groups is 1. The van der Waals surface area contributed by atoms with Crippen molar-refractivity contribution in [3.05, 3.63) is 35.4 Å². The molecule has 1 saturated heterocycles. The number of piperidine rings is 1. The van der Waals surface area contributed by atoms with Crippen molar-refractivity contribution in [1.82, 2.24) is 4.90 Å². The molecule has 0 aliphatic carbocycles. The summed E-state index contributed by atoms with van der Waals surface area (Å²) >= 11 is 0. The molecule has 0 unspecified atom stereocenters. The number of hydrogen-bond acceptors (Lipinski definition) is 2. The minimum Gasteiger partial charge on any atom is -0.370 e. The number of nitrogens with two attached hydrogens (primary N) is 1. The van der Waals surface area contributed by atoms with Crippen molar-refractivity contribution in [1.29, 1.82) is 0 Å². The zero-order chi connectivity index (χ0) is 17.6. The average molecular weight is 343 g/mol. The van der Waals surface area contributed by atoms with E-state index in [1.54, 1.807) is 18.2 Å². The molecule has 134 valence electrons. The first-order valence-corrected chi connectivity index (χ1v) is 8.10. The Morgan fingerprint density at radius 1 is 1.29 bits per heavy atom. The number of ether oxygens (including phenoxy) is 1. The van der Waals surface area contributed by atoms with Crippen LogP contribution in [0.15, 0.2) is 29.3 Å². The Morgan fingerprint density at radius 2 is 1.96 bits per heavy atom. The number of benzene rings is 1. The van der Waals surface area contributed by atoms with Crippen LogP contribution in [0.2, 0.25) is 0 Å². The molecule has 0 bridgehead atoms. The molecule has 7 heteroatoms. The second-order valence-electron chi connectivity index (χ2n) is 6.27. The Kier molecular flexibility index (Phi) is 6.48. The largest absolute Gasteiger partial charge is 0.411 e. The molecule has 0 aromatic heterocycles. The summed E-state index contributed by atoms with van der Waals surface area (Å²) < 4.78 is 40.9. The van der Waals surface area contributed by atoms with Crippen LogP contribution >= 0.6 is 0 Å². The van der Waals surface area contributed by atoms with E-state index in [0.29, 0.717) is 18.1 Å². The Morgan fingerprint density at radius 3 is 2.62 bits per heavy atom. The van der Waals surface area contributed by atoms with E-state index in [-0.39, 0.29) is 6.61 Å². The van der Waals surface area contributed by atoms with Gasteiger partial charge < -0.3 is 15.4 Å². The van der Waals surface area contributed by atoms with Gasteiger partial charge in [0.2, 0.25) is 0 Å². The van der Waals surface area contributed by atoms with Gasteiger partial charge in [-0.3, -0.25) is 0 Å². The summed E-state index contributed by atoms with van der Waals surface area (Å²) in [4.78, 5) is 6.48. The van der Waals surface area contributed by atoms with E-state index in [0.717, 1.165) is 37.4 Å². The van der Waals surface area contributed by atoms with E-state index in [2.05, 4.69) is 21.6 Å². The molecule has 24 heavy (non-hydrogen) atoms. The molecule has 1 aliphatic rings. The van der Waals surface area contributed by atoms with Gasteiger partial charge in [0.05, 0.1) is 13.2 Å². The van der Waals surface area contributed by atoms with Crippen molar-refractivity contribution < 1.29 is 17.9 Å². The summed E-state index contributed by atoms with van der Waals surface area (Å²) in [5, 5.41) is 0. The smallest absolute Gasteiger partial charge is 0.370 e. The molecule has 0 saturated carbocycles. The zero-order valence-corrected chi connectivity index (χ0v) is 13.9. The molecule has 0 spiro atoms. The van der Waals surface area contributed by atoms with Crippen LogP contribution in [-0.2, 0) is 17.9 Å². The van der Waals surface area contributed by atoms with E-state index in [1.165, 1.54) is 0 Å². The number of alkyl halides is 3.